The number of hydrogen-bond acceptors (Lipinski definition) is 2. The summed E-state index contributed by atoms with van der Waals surface area (Å²) in [6.45, 7) is 11.9. The van der Waals surface area contributed by atoms with Crippen molar-refractivity contribution in [3.8, 4) is 0 Å². The molecule has 1 aromatic carbocycles. The summed E-state index contributed by atoms with van der Waals surface area (Å²) < 4.78 is 0. The molecule has 130 valence electrons. The van der Waals surface area contributed by atoms with Crippen LogP contribution in [-0.4, -0.2) is 25.7 Å². The summed E-state index contributed by atoms with van der Waals surface area (Å²) in [5.74, 6) is -0.0814. The maximum atomic E-state index is 11.9. The number of aliphatic imine (C=N–C) groups is 1. The zero-order valence-corrected chi connectivity index (χ0v) is 15.2. The van der Waals surface area contributed by atoms with Gasteiger partial charge in [0.2, 0.25) is 0 Å². The molecule has 1 aromatic rings. The van der Waals surface area contributed by atoms with Gasteiger partial charge in [-0.05, 0) is 36.1 Å². The van der Waals surface area contributed by atoms with E-state index in [4.69, 9.17) is 0 Å². The number of hydrogen-bond donors (Lipinski definition) is 1. The van der Waals surface area contributed by atoms with Gasteiger partial charge in [-0.25, -0.2) is 0 Å². The molecule has 3 heteroatoms. The first-order chi connectivity index (χ1) is 11.6. The van der Waals surface area contributed by atoms with Crippen molar-refractivity contribution in [2.45, 2.75) is 33.1 Å². The molecule has 0 bridgehead atoms. The van der Waals surface area contributed by atoms with Crippen LogP contribution in [0, 0.1) is 0 Å². The predicted molar refractivity (Wildman–Crippen MR) is 106 cm³/mol. The monoisotopic (exact) mass is 326 g/mol. The van der Waals surface area contributed by atoms with E-state index < -0.39 is 0 Å². The van der Waals surface area contributed by atoms with E-state index in [1.807, 2.05) is 36.4 Å². The van der Waals surface area contributed by atoms with Crippen LogP contribution in [0.3, 0.4) is 0 Å². The number of nitrogens with one attached hydrogen (secondary N) is 1. The van der Waals surface area contributed by atoms with Crippen molar-refractivity contribution < 1.29 is 4.79 Å². The highest BCUT2D eigenvalue weighted by Crippen LogP contribution is 2.05. The fourth-order valence-electron chi connectivity index (χ4n) is 1.85. The number of carbonyl (C=O) groups is 1. The third-order valence-electron chi connectivity index (χ3n) is 3.20. The Bertz CT molecular complexity index is 554. The number of amides is 1. The molecular formula is C21H30N2O. The SMILES string of the molecule is C=C/C=C(\C=NC)CNC(=O)c1ccc(CC)cc1.C=CCCC. The van der Waals surface area contributed by atoms with E-state index in [-0.39, 0.29) is 5.91 Å². The first kappa shape index (κ1) is 21.6. The summed E-state index contributed by atoms with van der Waals surface area (Å²) in [4.78, 5) is 15.9. The van der Waals surface area contributed by atoms with E-state index in [1.165, 1.54) is 12.0 Å². The smallest absolute Gasteiger partial charge is 0.251 e. The highest BCUT2D eigenvalue weighted by atomic mass is 16.1. The Labute approximate surface area is 146 Å². The zero-order valence-electron chi connectivity index (χ0n) is 15.2. The summed E-state index contributed by atoms with van der Waals surface area (Å²) >= 11 is 0. The minimum absolute atomic E-state index is 0.0814. The molecule has 0 aliphatic heterocycles. The van der Waals surface area contributed by atoms with E-state index >= 15 is 0 Å². The number of aryl methyl sites for hydroxylation is 1. The first-order valence-corrected chi connectivity index (χ1v) is 8.34. The molecule has 0 saturated carbocycles. The molecule has 3 nitrogen and oxygen atoms in total. The average molecular weight is 326 g/mol. The van der Waals surface area contributed by atoms with E-state index in [0.29, 0.717) is 12.1 Å². The minimum Gasteiger partial charge on any atom is -0.348 e. The van der Waals surface area contributed by atoms with Gasteiger partial charge in [-0.2, -0.15) is 0 Å². The Kier molecular flexibility index (Phi) is 12.8. The van der Waals surface area contributed by atoms with Crippen LogP contribution in [0.2, 0.25) is 0 Å². The van der Waals surface area contributed by atoms with Gasteiger partial charge in [0, 0.05) is 25.4 Å². The lowest BCUT2D eigenvalue weighted by atomic mass is 10.1. The molecule has 1 N–H and O–H groups in total. The predicted octanol–water partition coefficient (Wildman–Crippen LogP) is 4.76. The van der Waals surface area contributed by atoms with Gasteiger partial charge in [0.25, 0.3) is 5.91 Å². The van der Waals surface area contributed by atoms with Crippen LogP contribution in [0.25, 0.3) is 0 Å². The van der Waals surface area contributed by atoms with Crippen LogP contribution >= 0.6 is 0 Å². The van der Waals surface area contributed by atoms with Crippen molar-refractivity contribution in [1.29, 1.82) is 0 Å². The van der Waals surface area contributed by atoms with E-state index in [2.05, 4.69) is 37.3 Å². The molecular weight excluding hydrogens is 296 g/mol. The van der Waals surface area contributed by atoms with E-state index in [0.717, 1.165) is 18.4 Å². The van der Waals surface area contributed by atoms with Gasteiger partial charge in [0.1, 0.15) is 0 Å². The lowest BCUT2D eigenvalue weighted by molar-refractivity contribution is 0.0957. The van der Waals surface area contributed by atoms with E-state index in [1.54, 1.807) is 19.3 Å². The highest BCUT2D eigenvalue weighted by Gasteiger charge is 2.04. The van der Waals surface area contributed by atoms with Crippen molar-refractivity contribution in [3.63, 3.8) is 0 Å². The van der Waals surface area contributed by atoms with Crippen LogP contribution in [0.4, 0.5) is 0 Å². The quantitative estimate of drug-likeness (QED) is 0.417. The lowest BCUT2D eigenvalue weighted by Crippen LogP contribution is -2.25. The standard InChI is InChI=1S/C16H20N2O.C5H10/c1-4-6-14(11-17-3)12-18-16(19)15-9-7-13(5-2)8-10-15;1-3-5-4-2/h4,6-11H,1,5,12H2,2-3H3,(H,18,19);3H,1,4-5H2,2H3/b14-6+,17-11?;. The molecule has 0 fully saturated rings. The Morgan fingerprint density at radius 3 is 2.29 bits per heavy atom. The normalized spacial score (nSPS) is 10.7. The number of unbranched alkanes of at least 4 members (excludes halogenated alkanes) is 1. The maximum absolute atomic E-state index is 11.9. The fourth-order valence-corrected chi connectivity index (χ4v) is 1.85. The fraction of sp³-hybridized carbons (Fsp3) is 0.333. The second kappa shape index (κ2) is 14.2. The highest BCUT2D eigenvalue weighted by molar-refractivity contribution is 5.95. The van der Waals surface area contributed by atoms with Crippen molar-refractivity contribution in [2.24, 2.45) is 4.99 Å². The van der Waals surface area contributed by atoms with Crippen LogP contribution in [0.1, 0.15) is 42.6 Å². The number of nitrogens with zero attached hydrogens (tertiary/aromatic N) is 1. The van der Waals surface area contributed by atoms with Crippen molar-refractivity contribution in [3.05, 3.63) is 72.4 Å². The number of rotatable bonds is 8. The Morgan fingerprint density at radius 1 is 1.21 bits per heavy atom. The van der Waals surface area contributed by atoms with Crippen LogP contribution < -0.4 is 5.32 Å². The van der Waals surface area contributed by atoms with Gasteiger partial charge in [0.05, 0.1) is 0 Å². The molecule has 0 saturated heterocycles. The summed E-state index contributed by atoms with van der Waals surface area (Å²) in [5, 5.41) is 2.86. The topological polar surface area (TPSA) is 41.5 Å². The molecule has 0 aliphatic carbocycles. The van der Waals surface area contributed by atoms with Crippen LogP contribution in [-0.2, 0) is 6.42 Å². The third-order valence-corrected chi connectivity index (χ3v) is 3.20. The molecule has 1 rings (SSSR count). The average Bonchev–Trinajstić information content (AvgIpc) is 2.61. The minimum atomic E-state index is -0.0814. The molecule has 0 radical (unpaired) electrons. The summed E-state index contributed by atoms with van der Waals surface area (Å²) in [6.07, 6.45) is 10.5. The van der Waals surface area contributed by atoms with Crippen molar-refractivity contribution in [2.75, 3.05) is 13.6 Å². The number of allylic oxidation sites excluding steroid dienone is 3. The molecule has 24 heavy (non-hydrogen) atoms. The first-order valence-electron chi connectivity index (χ1n) is 8.34. The Morgan fingerprint density at radius 2 is 1.88 bits per heavy atom. The van der Waals surface area contributed by atoms with E-state index in [9.17, 15) is 4.79 Å². The van der Waals surface area contributed by atoms with Gasteiger partial charge in [-0.3, -0.25) is 9.79 Å². The van der Waals surface area contributed by atoms with Gasteiger partial charge >= 0.3 is 0 Å². The van der Waals surface area contributed by atoms with Gasteiger partial charge in [0.15, 0.2) is 0 Å². The van der Waals surface area contributed by atoms with Crippen molar-refractivity contribution in [1.82, 2.24) is 5.32 Å². The van der Waals surface area contributed by atoms with Gasteiger partial charge in [-0.1, -0.05) is 57.2 Å². The molecule has 0 atom stereocenters. The number of carbonyl (C=O) groups excluding carboxylic acids is 1. The lowest BCUT2D eigenvalue weighted by Gasteiger charge is -2.06. The van der Waals surface area contributed by atoms with Gasteiger partial charge in [-0.15, -0.1) is 6.58 Å². The second-order valence-electron chi connectivity index (χ2n) is 5.18. The third kappa shape index (κ3) is 9.57. The molecule has 0 aliphatic rings. The second-order valence-corrected chi connectivity index (χ2v) is 5.18. The summed E-state index contributed by atoms with van der Waals surface area (Å²) in [6, 6.07) is 7.64. The molecule has 1 amide bonds. The maximum Gasteiger partial charge on any atom is 0.251 e. The number of benzene rings is 1. The largest absolute Gasteiger partial charge is 0.348 e. The zero-order chi connectivity index (χ0) is 18.2. The summed E-state index contributed by atoms with van der Waals surface area (Å²) in [7, 11) is 1.70. The van der Waals surface area contributed by atoms with Gasteiger partial charge < -0.3 is 5.32 Å². The molecule has 0 heterocycles. The summed E-state index contributed by atoms with van der Waals surface area (Å²) in [5.41, 5.74) is 2.81. The molecule has 0 aromatic heterocycles. The van der Waals surface area contributed by atoms with Crippen molar-refractivity contribution >= 4 is 12.1 Å². The van der Waals surface area contributed by atoms with Crippen LogP contribution in [0.15, 0.2) is 66.2 Å². The Balaban J connectivity index is 0.000000922. The Hall–Kier alpha value is -2.42. The van der Waals surface area contributed by atoms with Crippen LogP contribution in [0.5, 0.6) is 0 Å². The molecule has 0 spiro atoms. The molecule has 0 unspecified atom stereocenters.